The molecule has 1 N–H and O–H groups in total. The third-order valence-corrected chi connectivity index (χ3v) is 5.22. The Labute approximate surface area is 164 Å². The summed E-state index contributed by atoms with van der Waals surface area (Å²) in [4.78, 5) is 12.5. The predicted octanol–water partition coefficient (Wildman–Crippen LogP) is 4.40. The molecule has 0 radical (unpaired) electrons. The molecule has 3 aromatic rings. The minimum absolute atomic E-state index is 0.224. The number of aryl methyl sites for hydroxylation is 1. The molecular formula is C17H15Cl2N5OS. The molecular weight excluding hydrogens is 393 g/mol. The Hall–Kier alpha value is -2.09. The molecule has 0 saturated heterocycles. The second-order valence-electron chi connectivity index (χ2n) is 5.53. The third-order valence-electron chi connectivity index (χ3n) is 3.62. The number of aromatic nitrogens is 4. The van der Waals surface area contributed by atoms with E-state index in [0.29, 0.717) is 20.9 Å². The van der Waals surface area contributed by atoms with E-state index in [1.807, 2.05) is 31.2 Å². The SMILES string of the molecule is Cc1ccccc1-n1nnnc1SC(C)C(=O)Nc1cc(Cl)ccc1Cl. The minimum atomic E-state index is -0.446. The molecule has 0 fully saturated rings. The van der Waals surface area contributed by atoms with Gasteiger partial charge >= 0.3 is 0 Å². The van der Waals surface area contributed by atoms with Crippen LogP contribution < -0.4 is 5.32 Å². The minimum Gasteiger partial charge on any atom is -0.324 e. The first-order chi connectivity index (χ1) is 12.5. The zero-order chi connectivity index (χ0) is 18.7. The number of nitrogens with one attached hydrogen (secondary N) is 1. The number of benzene rings is 2. The maximum Gasteiger partial charge on any atom is 0.237 e. The summed E-state index contributed by atoms with van der Waals surface area (Å²) in [5.41, 5.74) is 2.37. The summed E-state index contributed by atoms with van der Waals surface area (Å²) < 4.78 is 1.62. The highest BCUT2D eigenvalue weighted by Gasteiger charge is 2.20. The van der Waals surface area contributed by atoms with Gasteiger partial charge in [-0.25, -0.2) is 0 Å². The molecule has 1 aromatic heterocycles. The van der Waals surface area contributed by atoms with E-state index in [-0.39, 0.29) is 5.91 Å². The molecule has 0 aliphatic heterocycles. The Bertz CT molecular complexity index is 946. The van der Waals surface area contributed by atoms with Gasteiger partial charge in [-0.1, -0.05) is 53.2 Å². The number of hydrogen-bond acceptors (Lipinski definition) is 5. The number of halogens is 2. The molecule has 0 aliphatic rings. The molecule has 3 rings (SSSR count). The van der Waals surface area contributed by atoms with Crippen LogP contribution in [0.1, 0.15) is 12.5 Å². The average Bonchev–Trinajstić information content (AvgIpc) is 3.06. The van der Waals surface area contributed by atoms with Crippen molar-refractivity contribution in [3.05, 3.63) is 58.1 Å². The largest absolute Gasteiger partial charge is 0.324 e. The van der Waals surface area contributed by atoms with Crippen LogP contribution in [0.25, 0.3) is 5.69 Å². The number of hydrogen-bond donors (Lipinski definition) is 1. The zero-order valence-electron chi connectivity index (χ0n) is 14.0. The highest BCUT2D eigenvalue weighted by atomic mass is 35.5. The lowest BCUT2D eigenvalue weighted by Gasteiger charge is -2.13. The summed E-state index contributed by atoms with van der Waals surface area (Å²) in [6.45, 7) is 3.75. The van der Waals surface area contributed by atoms with Crippen LogP contribution in [0.2, 0.25) is 10.0 Å². The molecule has 9 heteroatoms. The number of nitrogens with zero attached hydrogens (tertiary/aromatic N) is 4. The van der Waals surface area contributed by atoms with Gasteiger partial charge in [0.25, 0.3) is 0 Å². The van der Waals surface area contributed by atoms with Crippen LogP contribution in [-0.2, 0) is 4.79 Å². The van der Waals surface area contributed by atoms with E-state index < -0.39 is 5.25 Å². The lowest BCUT2D eigenvalue weighted by molar-refractivity contribution is -0.115. The fourth-order valence-corrected chi connectivity index (χ4v) is 3.38. The van der Waals surface area contributed by atoms with Crippen LogP contribution in [0, 0.1) is 6.92 Å². The van der Waals surface area contributed by atoms with Crippen LogP contribution >= 0.6 is 35.0 Å². The van der Waals surface area contributed by atoms with Gasteiger partial charge < -0.3 is 5.32 Å². The molecule has 6 nitrogen and oxygen atoms in total. The van der Waals surface area contributed by atoms with Gasteiger partial charge in [0.1, 0.15) is 0 Å². The second-order valence-corrected chi connectivity index (χ2v) is 7.68. The van der Waals surface area contributed by atoms with Gasteiger partial charge in [0, 0.05) is 5.02 Å². The van der Waals surface area contributed by atoms with Crippen LogP contribution in [0.5, 0.6) is 0 Å². The molecule has 0 saturated carbocycles. The Kier molecular flexibility index (Phi) is 5.80. The lowest BCUT2D eigenvalue weighted by atomic mass is 10.2. The van der Waals surface area contributed by atoms with Crippen molar-refractivity contribution in [1.29, 1.82) is 0 Å². The first-order valence-corrected chi connectivity index (χ1v) is 9.36. The molecule has 0 bridgehead atoms. The number of carbonyl (C=O) groups is 1. The summed E-state index contributed by atoms with van der Waals surface area (Å²) >= 11 is 13.3. The molecule has 1 amide bonds. The van der Waals surface area contributed by atoms with Crippen molar-refractivity contribution in [1.82, 2.24) is 20.2 Å². The molecule has 0 aliphatic carbocycles. The van der Waals surface area contributed by atoms with E-state index in [0.717, 1.165) is 11.3 Å². The fraction of sp³-hybridized carbons (Fsp3) is 0.176. The summed E-state index contributed by atoms with van der Waals surface area (Å²) in [6.07, 6.45) is 0. The smallest absolute Gasteiger partial charge is 0.237 e. The van der Waals surface area contributed by atoms with Crippen molar-refractivity contribution in [3.63, 3.8) is 0 Å². The van der Waals surface area contributed by atoms with E-state index in [1.54, 1.807) is 29.8 Å². The number of para-hydroxylation sites is 1. The molecule has 134 valence electrons. The predicted molar refractivity (Wildman–Crippen MR) is 104 cm³/mol. The van der Waals surface area contributed by atoms with E-state index in [2.05, 4.69) is 20.8 Å². The number of carbonyl (C=O) groups excluding carboxylic acids is 1. The van der Waals surface area contributed by atoms with Crippen molar-refractivity contribution in [2.45, 2.75) is 24.3 Å². The third kappa shape index (κ3) is 4.17. The number of amides is 1. The Balaban J connectivity index is 1.76. The number of rotatable bonds is 5. The van der Waals surface area contributed by atoms with E-state index in [4.69, 9.17) is 23.2 Å². The van der Waals surface area contributed by atoms with Crippen LogP contribution in [0.4, 0.5) is 5.69 Å². The van der Waals surface area contributed by atoms with Crippen LogP contribution in [0.15, 0.2) is 47.6 Å². The van der Waals surface area contributed by atoms with Crippen molar-refractivity contribution in [2.75, 3.05) is 5.32 Å². The quantitative estimate of drug-likeness (QED) is 0.634. The van der Waals surface area contributed by atoms with Gasteiger partial charge in [-0.15, -0.1) is 5.10 Å². The van der Waals surface area contributed by atoms with E-state index >= 15 is 0 Å². The van der Waals surface area contributed by atoms with Crippen molar-refractivity contribution < 1.29 is 4.79 Å². The highest BCUT2D eigenvalue weighted by molar-refractivity contribution is 8.00. The Morgan fingerprint density at radius 2 is 2.00 bits per heavy atom. The summed E-state index contributed by atoms with van der Waals surface area (Å²) in [7, 11) is 0. The van der Waals surface area contributed by atoms with Crippen molar-refractivity contribution >= 4 is 46.6 Å². The maximum atomic E-state index is 12.5. The lowest BCUT2D eigenvalue weighted by Crippen LogP contribution is -2.23. The van der Waals surface area contributed by atoms with Gasteiger partial charge in [-0.3, -0.25) is 4.79 Å². The monoisotopic (exact) mass is 407 g/mol. The average molecular weight is 408 g/mol. The first kappa shape index (κ1) is 18.7. The number of anilines is 1. The molecule has 1 unspecified atom stereocenters. The van der Waals surface area contributed by atoms with Crippen molar-refractivity contribution in [3.8, 4) is 5.69 Å². The number of tetrazole rings is 1. The Morgan fingerprint density at radius 1 is 1.23 bits per heavy atom. The Morgan fingerprint density at radius 3 is 2.77 bits per heavy atom. The van der Waals surface area contributed by atoms with Gasteiger partial charge in [0.2, 0.25) is 11.1 Å². The fourth-order valence-electron chi connectivity index (χ4n) is 2.24. The molecule has 1 heterocycles. The zero-order valence-corrected chi connectivity index (χ0v) is 16.3. The van der Waals surface area contributed by atoms with Crippen molar-refractivity contribution in [2.24, 2.45) is 0 Å². The molecule has 26 heavy (non-hydrogen) atoms. The van der Waals surface area contributed by atoms with Gasteiger partial charge in [0.05, 0.1) is 21.6 Å². The molecule has 2 aromatic carbocycles. The topological polar surface area (TPSA) is 72.7 Å². The van der Waals surface area contributed by atoms with E-state index in [1.165, 1.54) is 11.8 Å². The summed E-state index contributed by atoms with van der Waals surface area (Å²) in [6, 6.07) is 12.7. The first-order valence-electron chi connectivity index (χ1n) is 7.72. The number of thioether (sulfide) groups is 1. The van der Waals surface area contributed by atoms with Crippen LogP contribution in [-0.4, -0.2) is 31.4 Å². The normalized spacial score (nSPS) is 12.0. The van der Waals surface area contributed by atoms with Gasteiger partial charge in [-0.2, -0.15) is 4.68 Å². The standard InChI is InChI=1S/C17H15Cl2N5OS/c1-10-5-3-4-6-15(10)24-17(21-22-23-24)26-11(2)16(25)20-14-9-12(18)7-8-13(14)19/h3-9,11H,1-2H3,(H,20,25). The summed E-state index contributed by atoms with van der Waals surface area (Å²) in [5, 5.41) is 15.6. The molecule has 0 spiro atoms. The van der Waals surface area contributed by atoms with Gasteiger partial charge in [-0.05, 0) is 54.1 Å². The maximum absolute atomic E-state index is 12.5. The summed E-state index contributed by atoms with van der Waals surface area (Å²) in [5.74, 6) is -0.224. The van der Waals surface area contributed by atoms with Crippen LogP contribution in [0.3, 0.4) is 0 Å². The van der Waals surface area contributed by atoms with Gasteiger partial charge in [0.15, 0.2) is 0 Å². The second kappa shape index (κ2) is 8.07. The van der Waals surface area contributed by atoms with E-state index in [9.17, 15) is 4.79 Å². The molecule has 1 atom stereocenters. The highest BCUT2D eigenvalue weighted by Crippen LogP contribution is 2.28.